The normalized spacial score (nSPS) is 15.0. The number of carboxylic acids is 1. The molecule has 2 heterocycles. The molecule has 2 rings (SSSR count). The summed E-state index contributed by atoms with van der Waals surface area (Å²) < 4.78 is 61.7. The number of nitrogens with zero attached hydrogens (tertiary/aromatic N) is 4. The van der Waals surface area contributed by atoms with E-state index in [2.05, 4.69) is 17.2 Å². The molecule has 1 aromatic rings. The quantitative estimate of drug-likeness (QED) is 0.0634. The number of aromatic nitrogens is 3. The van der Waals surface area contributed by atoms with E-state index in [9.17, 15) is 14.4 Å². The largest absolute Gasteiger partial charge is 0.480 e. The first-order valence-corrected chi connectivity index (χ1v) is 20.2. The summed E-state index contributed by atoms with van der Waals surface area (Å²) in [7, 11) is 0. The minimum absolute atomic E-state index is 0.00236. The highest BCUT2D eigenvalue weighted by atomic mass is 32.2. The molecule has 2 atom stereocenters. The highest BCUT2D eigenvalue weighted by Gasteiger charge is 2.39. The summed E-state index contributed by atoms with van der Waals surface area (Å²) in [6.07, 6.45) is 2.66. The second kappa shape index (κ2) is 34.6. The fourth-order valence-corrected chi connectivity index (χ4v) is 5.64. The monoisotopic (exact) mass is 825 g/mol. The molecule has 0 radical (unpaired) electrons. The van der Waals surface area contributed by atoms with Crippen molar-refractivity contribution < 1.29 is 71.6 Å². The molecule has 0 aromatic carbocycles. The Hall–Kier alpha value is -2.38. The van der Waals surface area contributed by atoms with Gasteiger partial charge in [-0.1, -0.05) is 12.1 Å². The van der Waals surface area contributed by atoms with Crippen LogP contribution in [0.5, 0.6) is 0 Å². The number of hydrogen-bond acceptors (Lipinski definition) is 18. The smallest absolute Gasteiger partial charge is 0.321 e. The van der Waals surface area contributed by atoms with Crippen LogP contribution in [0.2, 0.25) is 0 Å². The average Bonchev–Trinajstić information content (AvgIpc) is 3.75. The van der Waals surface area contributed by atoms with E-state index in [1.54, 1.807) is 10.9 Å². The molecule has 2 amide bonds. The molecular weight excluding hydrogens is 762 g/mol. The van der Waals surface area contributed by atoms with Crippen LogP contribution < -0.4 is 5.73 Å². The molecule has 1 aliphatic heterocycles. The predicted molar refractivity (Wildman–Crippen MR) is 201 cm³/mol. The summed E-state index contributed by atoms with van der Waals surface area (Å²) in [5, 5.41) is 16.3. The number of carbonyl (C=O) groups excluding carboxylic acids is 2. The first-order chi connectivity index (χ1) is 27.4. The second-order valence-corrected chi connectivity index (χ2v) is 13.2. The van der Waals surface area contributed by atoms with Gasteiger partial charge in [-0.05, 0) is 6.42 Å². The Bertz CT molecular complexity index is 1140. The van der Waals surface area contributed by atoms with Crippen LogP contribution in [0.25, 0.3) is 0 Å². The van der Waals surface area contributed by atoms with Gasteiger partial charge in [-0.2, -0.15) is 0 Å². The molecular formula is C35H63N5O15S. The molecule has 0 aliphatic carbocycles. The van der Waals surface area contributed by atoms with Gasteiger partial charge in [0.25, 0.3) is 0 Å². The minimum atomic E-state index is -1.15. The molecule has 3 N–H and O–H groups in total. The van der Waals surface area contributed by atoms with Crippen LogP contribution in [-0.2, 0) is 79.6 Å². The summed E-state index contributed by atoms with van der Waals surface area (Å²) in [5.41, 5.74) is 5.95. The van der Waals surface area contributed by atoms with E-state index >= 15 is 0 Å². The van der Waals surface area contributed by atoms with Gasteiger partial charge in [0.05, 0.1) is 163 Å². The van der Waals surface area contributed by atoms with Crippen molar-refractivity contribution >= 4 is 29.5 Å². The molecule has 56 heavy (non-hydrogen) atoms. The van der Waals surface area contributed by atoms with Crippen molar-refractivity contribution in [2.45, 2.75) is 44.1 Å². The molecule has 1 aliphatic rings. The molecule has 324 valence electrons. The summed E-state index contributed by atoms with van der Waals surface area (Å²) >= 11 is 1.07. The Balaban J connectivity index is 1.25. The Kier molecular flexibility index (Phi) is 30.8. The zero-order chi connectivity index (χ0) is 40.3. The van der Waals surface area contributed by atoms with Crippen LogP contribution in [0, 0.1) is 0 Å². The average molecular weight is 826 g/mol. The summed E-state index contributed by atoms with van der Waals surface area (Å²) in [4.78, 5) is 37.0. The van der Waals surface area contributed by atoms with E-state index < -0.39 is 17.3 Å². The van der Waals surface area contributed by atoms with Crippen LogP contribution in [-0.4, -0.2) is 205 Å². The Morgan fingerprint density at radius 2 is 1.07 bits per heavy atom. The van der Waals surface area contributed by atoms with E-state index in [1.165, 1.54) is 0 Å². The lowest BCUT2D eigenvalue weighted by Gasteiger charge is -2.13. The fourth-order valence-electron chi connectivity index (χ4n) is 4.53. The number of hydrogen-bond donors (Lipinski definition) is 2. The van der Waals surface area contributed by atoms with Crippen LogP contribution in [0.3, 0.4) is 0 Å². The number of rotatable bonds is 41. The molecule has 0 bridgehead atoms. The number of ether oxygens (including phenoxy) is 11. The zero-order valence-corrected chi connectivity index (χ0v) is 33.6. The Morgan fingerprint density at radius 3 is 1.45 bits per heavy atom. The molecule has 21 heteroatoms. The molecule has 2 unspecified atom stereocenters. The maximum Gasteiger partial charge on any atom is 0.321 e. The van der Waals surface area contributed by atoms with Gasteiger partial charge in [-0.3, -0.25) is 19.3 Å². The van der Waals surface area contributed by atoms with Crippen molar-refractivity contribution in [1.29, 1.82) is 0 Å². The minimum Gasteiger partial charge on any atom is -0.480 e. The molecule has 0 saturated carbocycles. The lowest BCUT2D eigenvalue weighted by atomic mass is 10.3. The van der Waals surface area contributed by atoms with Crippen molar-refractivity contribution in [3.8, 4) is 0 Å². The van der Waals surface area contributed by atoms with Gasteiger partial charge in [0.15, 0.2) is 0 Å². The Labute approximate surface area is 333 Å². The number of aliphatic carboxylic acids is 1. The van der Waals surface area contributed by atoms with Crippen LogP contribution in [0.4, 0.5) is 0 Å². The van der Waals surface area contributed by atoms with Gasteiger partial charge >= 0.3 is 5.97 Å². The van der Waals surface area contributed by atoms with Crippen LogP contribution >= 0.6 is 11.8 Å². The van der Waals surface area contributed by atoms with Crippen LogP contribution in [0.1, 0.15) is 25.5 Å². The lowest BCUT2D eigenvalue weighted by Crippen LogP contribution is -2.34. The van der Waals surface area contributed by atoms with Crippen molar-refractivity contribution in [1.82, 2.24) is 19.9 Å². The summed E-state index contributed by atoms with van der Waals surface area (Å²) in [5.74, 6) is -1.84. The summed E-state index contributed by atoms with van der Waals surface area (Å²) in [6.45, 7) is 13.4. The van der Waals surface area contributed by atoms with Gasteiger partial charge < -0.3 is 62.9 Å². The lowest BCUT2D eigenvalue weighted by molar-refractivity contribution is -0.139. The first kappa shape index (κ1) is 49.8. The van der Waals surface area contributed by atoms with E-state index in [1.807, 2.05) is 0 Å². The van der Waals surface area contributed by atoms with Crippen molar-refractivity contribution in [3.63, 3.8) is 0 Å². The standard InChI is InChI=1S/C35H63N5O15S/c1-2-4-45-6-8-47-10-12-49-14-16-51-18-20-53-22-24-55-25-23-54-21-19-52-17-15-50-13-11-48-9-7-46-5-3-39-27-30(37-38-39)28-40-33(41)26-32(34(40)42)56-29-31(36)35(43)44/h27,31-32H,2-26,28-29,36H2,1H3,(H,43,44). The highest BCUT2D eigenvalue weighted by molar-refractivity contribution is 8.00. The van der Waals surface area contributed by atoms with Gasteiger partial charge in [-0.15, -0.1) is 16.9 Å². The van der Waals surface area contributed by atoms with Gasteiger partial charge in [0.1, 0.15) is 11.7 Å². The predicted octanol–water partition coefficient (Wildman–Crippen LogP) is -0.357. The SMILES string of the molecule is CCCOCCOCCOCCOCCOCCOCCOCCOCCOCCOCCOCCn1cc(CN2C(=O)CC(SCC(N)C(=O)O)C2=O)nn1. The maximum atomic E-state index is 12.6. The number of thioether (sulfide) groups is 1. The third-order valence-electron chi connectivity index (χ3n) is 7.44. The molecule has 1 aromatic heterocycles. The first-order valence-electron chi connectivity index (χ1n) is 19.1. The zero-order valence-electron chi connectivity index (χ0n) is 32.8. The van der Waals surface area contributed by atoms with Crippen molar-refractivity contribution in [2.24, 2.45) is 5.73 Å². The molecule has 0 spiro atoms. The van der Waals surface area contributed by atoms with Gasteiger partial charge in [0, 0.05) is 18.8 Å². The number of imide groups is 1. The van der Waals surface area contributed by atoms with Gasteiger partial charge in [-0.25, -0.2) is 4.68 Å². The number of amides is 2. The number of nitrogens with two attached hydrogens (primary N) is 1. The van der Waals surface area contributed by atoms with E-state index in [4.69, 9.17) is 62.9 Å². The molecule has 20 nitrogen and oxygen atoms in total. The number of likely N-dealkylation sites (tertiary alicyclic amines) is 1. The summed E-state index contributed by atoms with van der Waals surface area (Å²) in [6, 6.07) is -1.10. The van der Waals surface area contributed by atoms with Gasteiger partial charge in [0.2, 0.25) is 11.8 Å². The van der Waals surface area contributed by atoms with E-state index in [0.29, 0.717) is 151 Å². The maximum absolute atomic E-state index is 12.6. The Morgan fingerprint density at radius 1 is 0.696 bits per heavy atom. The van der Waals surface area contributed by atoms with E-state index in [0.717, 1.165) is 29.7 Å². The number of carboxylic acid groups (broad SMARTS) is 1. The third kappa shape index (κ3) is 25.8. The molecule has 1 saturated heterocycles. The highest BCUT2D eigenvalue weighted by Crippen LogP contribution is 2.26. The topological polar surface area (TPSA) is 233 Å². The third-order valence-corrected chi connectivity index (χ3v) is 8.76. The molecule has 1 fully saturated rings. The second-order valence-electron chi connectivity index (χ2n) is 12.0. The fraction of sp³-hybridized carbons (Fsp3) is 0.857. The van der Waals surface area contributed by atoms with E-state index in [-0.39, 0.29) is 30.5 Å². The van der Waals surface area contributed by atoms with Crippen LogP contribution in [0.15, 0.2) is 6.20 Å². The van der Waals surface area contributed by atoms with Crippen molar-refractivity contribution in [3.05, 3.63) is 11.9 Å². The number of carbonyl (C=O) groups is 3. The van der Waals surface area contributed by atoms with Crippen molar-refractivity contribution in [2.75, 3.05) is 151 Å².